The third-order valence-corrected chi connectivity index (χ3v) is 7.30. The molecule has 2 rings (SSSR count). The lowest BCUT2D eigenvalue weighted by atomic mass is 9.90. The first kappa shape index (κ1) is 32.2. The summed E-state index contributed by atoms with van der Waals surface area (Å²) in [5, 5.41) is 6.06. The average molecular weight is 540 g/mol. The van der Waals surface area contributed by atoms with Gasteiger partial charge in [0.15, 0.2) is 0 Å². The largest absolute Gasteiger partial charge is 0.444 e. The maximum absolute atomic E-state index is 14.5. The molecule has 1 aromatic rings. The van der Waals surface area contributed by atoms with Gasteiger partial charge in [-0.1, -0.05) is 58.1 Å². The molecule has 39 heavy (non-hydrogen) atoms. The second-order valence-electron chi connectivity index (χ2n) is 12.7. The van der Waals surface area contributed by atoms with Gasteiger partial charge in [-0.2, -0.15) is 0 Å². The first-order valence-electron chi connectivity index (χ1n) is 14.4. The van der Waals surface area contributed by atoms with Gasteiger partial charge in [-0.05, 0) is 83.9 Å². The molecule has 7 nitrogen and oxygen atoms in total. The molecule has 0 spiro atoms. The number of carbonyl (C=O) groups is 3. The Morgan fingerprint density at radius 2 is 1.64 bits per heavy atom. The third-order valence-electron chi connectivity index (χ3n) is 7.30. The number of hydrogen-bond acceptors (Lipinski definition) is 4. The summed E-state index contributed by atoms with van der Waals surface area (Å²) in [4.78, 5) is 43.0. The number of carbonyl (C=O) groups excluding carboxylic acids is 3. The van der Waals surface area contributed by atoms with Crippen LogP contribution in [0.3, 0.4) is 0 Å². The number of nitrogens with zero attached hydrogens (tertiary/aromatic N) is 1. The lowest BCUT2D eigenvalue weighted by Gasteiger charge is -2.45. The van der Waals surface area contributed by atoms with E-state index in [2.05, 4.69) is 16.6 Å². The van der Waals surface area contributed by atoms with E-state index in [0.717, 1.165) is 25.7 Å². The molecule has 0 aromatic heterocycles. The van der Waals surface area contributed by atoms with Crippen LogP contribution in [0.5, 0.6) is 0 Å². The van der Waals surface area contributed by atoms with E-state index < -0.39 is 29.3 Å². The van der Waals surface area contributed by atoms with Gasteiger partial charge < -0.3 is 20.3 Å². The molecule has 0 radical (unpaired) electrons. The van der Waals surface area contributed by atoms with Crippen molar-refractivity contribution < 1.29 is 19.1 Å². The molecule has 216 valence electrons. The maximum Gasteiger partial charge on any atom is 0.408 e. The van der Waals surface area contributed by atoms with E-state index in [1.54, 1.807) is 37.8 Å². The Kier molecular flexibility index (Phi) is 11.5. The quantitative estimate of drug-likeness (QED) is 0.351. The Morgan fingerprint density at radius 1 is 1.05 bits per heavy atom. The summed E-state index contributed by atoms with van der Waals surface area (Å²) in [7, 11) is 0. The summed E-state index contributed by atoms with van der Waals surface area (Å²) in [6, 6.07) is 5.56. The highest BCUT2D eigenvalue weighted by Crippen LogP contribution is 2.33. The predicted molar refractivity (Wildman–Crippen MR) is 156 cm³/mol. The Morgan fingerprint density at radius 3 is 2.13 bits per heavy atom. The van der Waals surface area contributed by atoms with Crippen LogP contribution < -0.4 is 10.6 Å². The van der Waals surface area contributed by atoms with E-state index in [0.29, 0.717) is 24.0 Å². The smallest absolute Gasteiger partial charge is 0.408 e. The van der Waals surface area contributed by atoms with Crippen molar-refractivity contribution in [1.82, 2.24) is 15.5 Å². The molecule has 0 saturated heterocycles. The molecule has 3 amide bonds. The zero-order valence-corrected chi connectivity index (χ0v) is 25.2. The molecule has 2 atom stereocenters. The van der Waals surface area contributed by atoms with Gasteiger partial charge in [-0.15, -0.1) is 6.42 Å². The summed E-state index contributed by atoms with van der Waals surface area (Å²) < 4.78 is 5.49. The Hall–Kier alpha value is -3.01. The monoisotopic (exact) mass is 539 g/mol. The number of hydrogen-bond donors (Lipinski definition) is 2. The van der Waals surface area contributed by atoms with Gasteiger partial charge >= 0.3 is 6.09 Å². The number of benzene rings is 1. The third kappa shape index (κ3) is 9.60. The molecule has 1 aliphatic carbocycles. The molecule has 0 heterocycles. The first-order valence-corrected chi connectivity index (χ1v) is 14.4. The van der Waals surface area contributed by atoms with Gasteiger partial charge in [-0.3, -0.25) is 9.59 Å². The minimum atomic E-state index is -0.892. The number of terminal acetylenes is 1. The molecule has 1 saturated carbocycles. The Balaban J connectivity index is 2.58. The van der Waals surface area contributed by atoms with Crippen molar-refractivity contribution in [3.05, 3.63) is 35.4 Å². The number of amides is 3. The zero-order chi connectivity index (χ0) is 29.4. The lowest BCUT2D eigenvalue weighted by Crippen LogP contribution is -2.60. The van der Waals surface area contributed by atoms with Gasteiger partial charge in [0, 0.05) is 17.1 Å². The molecular weight excluding hydrogens is 490 g/mol. The minimum absolute atomic E-state index is 0.0757. The molecule has 2 N–H and O–H groups in total. The van der Waals surface area contributed by atoms with Crippen LogP contribution >= 0.6 is 0 Å². The van der Waals surface area contributed by atoms with Crippen LogP contribution in [0.4, 0.5) is 4.79 Å². The highest BCUT2D eigenvalue weighted by Gasteiger charge is 2.43. The minimum Gasteiger partial charge on any atom is -0.444 e. The molecule has 1 fully saturated rings. The van der Waals surface area contributed by atoms with Crippen molar-refractivity contribution in [2.24, 2.45) is 5.92 Å². The van der Waals surface area contributed by atoms with Crippen LogP contribution in [0.25, 0.3) is 0 Å². The van der Waals surface area contributed by atoms with E-state index in [1.807, 2.05) is 46.8 Å². The van der Waals surface area contributed by atoms with Crippen molar-refractivity contribution in [3.63, 3.8) is 0 Å². The fourth-order valence-corrected chi connectivity index (χ4v) is 4.96. The van der Waals surface area contributed by atoms with E-state index in [1.165, 1.54) is 6.42 Å². The molecule has 7 heteroatoms. The van der Waals surface area contributed by atoms with Crippen molar-refractivity contribution in [2.45, 2.75) is 130 Å². The van der Waals surface area contributed by atoms with E-state index in [4.69, 9.17) is 11.2 Å². The SMILES string of the molecule is C#Cc1ccc(C(C(=O)NC2CCCCC2)N(C(=O)C(CC(C)C)NC(=O)OC(C)(C)C)C(C)(C)CC)cc1. The van der Waals surface area contributed by atoms with Gasteiger partial charge in [0.1, 0.15) is 17.7 Å². The van der Waals surface area contributed by atoms with Gasteiger partial charge in [0.2, 0.25) is 11.8 Å². The van der Waals surface area contributed by atoms with Crippen molar-refractivity contribution >= 4 is 17.9 Å². The van der Waals surface area contributed by atoms with E-state index >= 15 is 0 Å². The molecule has 0 aliphatic heterocycles. The van der Waals surface area contributed by atoms with Crippen molar-refractivity contribution in [2.75, 3.05) is 0 Å². The zero-order valence-electron chi connectivity index (χ0n) is 25.2. The Labute approximate surface area is 235 Å². The van der Waals surface area contributed by atoms with Crippen molar-refractivity contribution in [3.8, 4) is 12.3 Å². The topological polar surface area (TPSA) is 87.7 Å². The molecule has 2 unspecified atom stereocenters. The summed E-state index contributed by atoms with van der Waals surface area (Å²) in [5.41, 5.74) is -0.0276. The number of ether oxygens (including phenoxy) is 1. The summed E-state index contributed by atoms with van der Waals surface area (Å²) in [6.07, 6.45) is 11.1. The normalized spacial score (nSPS) is 16.1. The molecule has 1 aliphatic rings. The summed E-state index contributed by atoms with van der Waals surface area (Å²) in [5.74, 6) is 2.20. The van der Waals surface area contributed by atoms with E-state index in [-0.39, 0.29) is 23.8 Å². The van der Waals surface area contributed by atoms with Crippen LogP contribution in [-0.2, 0) is 14.3 Å². The Bertz CT molecular complexity index is 1010. The number of alkyl carbamates (subject to hydrolysis) is 1. The number of nitrogens with one attached hydrogen (secondary N) is 2. The molecule has 0 bridgehead atoms. The second kappa shape index (κ2) is 13.9. The average Bonchev–Trinajstić information content (AvgIpc) is 2.85. The fraction of sp³-hybridized carbons (Fsp3) is 0.656. The standard InChI is InChI=1S/C32H49N3O4/c1-10-23-17-19-24(20-18-23)27(28(36)33-25-15-13-12-14-16-25)35(32(8,9)11-2)29(37)26(21-22(3)4)34-30(38)39-31(5,6)7/h1,17-20,22,25-27H,11-16,21H2,2-9H3,(H,33,36)(H,34,38). The van der Waals surface area contributed by atoms with Crippen LogP contribution in [-0.4, -0.2) is 46.0 Å². The number of rotatable bonds is 10. The maximum atomic E-state index is 14.5. The van der Waals surface area contributed by atoms with Gasteiger partial charge in [0.25, 0.3) is 0 Å². The summed E-state index contributed by atoms with van der Waals surface area (Å²) >= 11 is 0. The highest BCUT2D eigenvalue weighted by molar-refractivity contribution is 5.92. The van der Waals surface area contributed by atoms with Crippen LogP contribution in [0, 0.1) is 18.3 Å². The van der Waals surface area contributed by atoms with Crippen molar-refractivity contribution in [1.29, 1.82) is 0 Å². The van der Waals surface area contributed by atoms with E-state index in [9.17, 15) is 14.4 Å². The lowest BCUT2D eigenvalue weighted by molar-refractivity contribution is -0.150. The molecular formula is C32H49N3O4. The van der Waals surface area contributed by atoms with Crippen LogP contribution in [0.1, 0.15) is 118 Å². The first-order chi connectivity index (χ1) is 18.2. The van der Waals surface area contributed by atoms with Gasteiger partial charge in [-0.25, -0.2) is 4.79 Å². The molecule has 1 aromatic carbocycles. The van der Waals surface area contributed by atoms with Gasteiger partial charge in [0.05, 0.1) is 0 Å². The predicted octanol–water partition coefficient (Wildman–Crippen LogP) is 6.11. The highest BCUT2D eigenvalue weighted by atomic mass is 16.6. The second-order valence-corrected chi connectivity index (χ2v) is 12.7. The van der Waals surface area contributed by atoms with Crippen LogP contribution in [0.2, 0.25) is 0 Å². The fourth-order valence-electron chi connectivity index (χ4n) is 4.96. The van der Waals surface area contributed by atoms with Crippen LogP contribution in [0.15, 0.2) is 24.3 Å². The summed E-state index contributed by atoms with van der Waals surface area (Å²) in [6.45, 7) is 15.3.